The van der Waals surface area contributed by atoms with Crippen molar-refractivity contribution in [1.82, 2.24) is 10.0 Å². The van der Waals surface area contributed by atoms with Crippen LogP contribution in [-0.4, -0.2) is 40.8 Å². The Hall–Kier alpha value is -1.46. The smallest absolute Gasteiger partial charge is 0.215 e. The van der Waals surface area contributed by atoms with Crippen LogP contribution < -0.4 is 10.0 Å². The van der Waals surface area contributed by atoms with Gasteiger partial charge in [0.05, 0.1) is 30.6 Å². The molecule has 6 nitrogen and oxygen atoms in total. The second-order valence-corrected chi connectivity index (χ2v) is 6.41. The summed E-state index contributed by atoms with van der Waals surface area (Å²) in [5.41, 5.74) is 0.896. The fourth-order valence-corrected chi connectivity index (χ4v) is 3.21. The van der Waals surface area contributed by atoms with E-state index >= 15 is 0 Å². The molecule has 1 aliphatic heterocycles. The summed E-state index contributed by atoms with van der Waals surface area (Å²) in [6.45, 7) is 2.16. The van der Waals surface area contributed by atoms with Gasteiger partial charge in [0.2, 0.25) is 10.0 Å². The van der Waals surface area contributed by atoms with Crippen molar-refractivity contribution in [2.24, 2.45) is 0 Å². The Kier molecular flexibility index (Phi) is 5.09. The lowest BCUT2D eigenvalue weighted by Crippen LogP contribution is -2.48. The molecule has 1 atom stereocenters. The van der Waals surface area contributed by atoms with Crippen LogP contribution in [0.25, 0.3) is 0 Å². The molecule has 1 saturated heterocycles. The van der Waals surface area contributed by atoms with Crippen molar-refractivity contribution >= 4 is 10.0 Å². The fourth-order valence-electron chi connectivity index (χ4n) is 1.99. The van der Waals surface area contributed by atoms with Crippen LogP contribution >= 0.6 is 0 Å². The number of benzene rings is 1. The quantitative estimate of drug-likeness (QED) is 0.796. The van der Waals surface area contributed by atoms with E-state index in [9.17, 15) is 8.42 Å². The monoisotopic (exact) mass is 295 g/mol. The van der Waals surface area contributed by atoms with Crippen LogP contribution in [0.3, 0.4) is 0 Å². The minimum Gasteiger partial charge on any atom is -0.378 e. The van der Waals surface area contributed by atoms with Crippen molar-refractivity contribution in [3.8, 4) is 6.07 Å². The Morgan fingerprint density at radius 1 is 1.45 bits per heavy atom. The van der Waals surface area contributed by atoms with Crippen molar-refractivity contribution in [1.29, 1.82) is 5.26 Å². The maximum Gasteiger partial charge on any atom is 0.215 e. The van der Waals surface area contributed by atoms with E-state index in [1.54, 1.807) is 24.3 Å². The molecule has 1 fully saturated rings. The molecule has 0 radical (unpaired) electrons. The van der Waals surface area contributed by atoms with Gasteiger partial charge in [-0.15, -0.1) is 0 Å². The van der Waals surface area contributed by atoms with Crippen molar-refractivity contribution < 1.29 is 13.2 Å². The molecule has 7 heteroatoms. The first-order chi connectivity index (χ1) is 9.61. The normalized spacial score (nSPS) is 19.4. The molecule has 0 aliphatic carbocycles. The first kappa shape index (κ1) is 14.9. The SMILES string of the molecule is N#Cc1ccccc1CS(=O)(=O)NCC1COCCN1. The molecule has 1 aliphatic rings. The van der Waals surface area contributed by atoms with Crippen LogP contribution in [-0.2, 0) is 20.5 Å². The minimum atomic E-state index is -3.46. The van der Waals surface area contributed by atoms with Gasteiger partial charge in [0.25, 0.3) is 0 Å². The van der Waals surface area contributed by atoms with Gasteiger partial charge in [-0.05, 0) is 11.6 Å². The number of rotatable bonds is 5. The van der Waals surface area contributed by atoms with Gasteiger partial charge in [0, 0.05) is 19.1 Å². The molecule has 108 valence electrons. The van der Waals surface area contributed by atoms with Crippen molar-refractivity contribution in [3.63, 3.8) is 0 Å². The zero-order chi connectivity index (χ0) is 14.4. The summed E-state index contributed by atoms with van der Waals surface area (Å²) >= 11 is 0. The standard InChI is InChI=1S/C13H17N3O3S/c14-7-11-3-1-2-4-12(11)10-20(17,18)16-8-13-9-19-6-5-15-13/h1-4,13,15-16H,5-6,8-10H2. The molecule has 0 aromatic heterocycles. The predicted molar refractivity (Wildman–Crippen MR) is 74.4 cm³/mol. The van der Waals surface area contributed by atoms with E-state index in [0.29, 0.717) is 24.3 Å². The van der Waals surface area contributed by atoms with Gasteiger partial charge in [0.15, 0.2) is 0 Å². The molecule has 0 saturated carbocycles. The molecular formula is C13H17N3O3S. The molecule has 20 heavy (non-hydrogen) atoms. The summed E-state index contributed by atoms with van der Waals surface area (Å²) in [4.78, 5) is 0. The van der Waals surface area contributed by atoms with E-state index in [0.717, 1.165) is 6.54 Å². The van der Waals surface area contributed by atoms with E-state index in [4.69, 9.17) is 10.00 Å². The number of ether oxygens (including phenoxy) is 1. The molecule has 1 aromatic carbocycles. The van der Waals surface area contributed by atoms with E-state index < -0.39 is 10.0 Å². The molecule has 1 aromatic rings. The lowest BCUT2D eigenvalue weighted by molar-refractivity contribution is 0.0784. The van der Waals surface area contributed by atoms with Crippen molar-refractivity contribution in [2.45, 2.75) is 11.8 Å². The third-order valence-electron chi connectivity index (χ3n) is 3.03. The fraction of sp³-hybridized carbons (Fsp3) is 0.462. The van der Waals surface area contributed by atoms with Crippen LogP contribution in [0, 0.1) is 11.3 Å². The Bertz CT molecular complexity index is 589. The highest BCUT2D eigenvalue weighted by atomic mass is 32.2. The molecule has 0 spiro atoms. The van der Waals surface area contributed by atoms with Gasteiger partial charge < -0.3 is 10.1 Å². The molecular weight excluding hydrogens is 278 g/mol. The third-order valence-corrected chi connectivity index (χ3v) is 4.33. The second kappa shape index (κ2) is 6.81. The number of sulfonamides is 1. The highest BCUT2D eigenvalue weighted by molar-refractivity contribution is 7.88. The summed E-state index contributed by atoms with van der Waals surface area (Å²) in [5.74, 6) is -0.190. The molecule has 2 rings (SSSR count). The van der Waals surface area contributed by atoms with E-state index in [1.165, 1.54) is 0 Å². The van der Waals surface area contributed by atoms with E-state index in [2.05, 4.69) is 10.0 Å². The van der Waals surface area contributed by atoms with Crippen LogP contribution in [0.1, 0.15) is 11.1 Å². The van der Waals surface area contributed by atoms with Gasteiger partial charge in [-0.25, -0.2) is 13.1 Å². The average molecular weight is 295 g/mol. The largest absolute Gasteiger partial charge is 0.378 e. The highest BCUT2D eigenvalue weighted by Gasteiger charge is 2.18. The Morgan fingerprint density at radius 2 is 2.25 bits per heavy atom. The van der Waals surface area contributed by atoms with E-state index in [1.807, 2.05) is 6.07 Å². The molecule has 0 bridgehead atoms. The Morgan fingerprint density at radius 3 is 2.95 bits per heavy atom. The van der Waals surface area contributed by atoms with Crippen LogP contribution in [0.5, 0.6) is 0 Å². The summed E-state index contributed by atoms with van der Waals surface area (Å²) in [5, 5.41) is 12.1. The van der Waals surface area contributed by atoms with Crippen LogP contribution in [0.2, 0.25) is 0 Å². The number of nitrogens with one attached hydrogen (secondary N) is 2. The van der Waals surface area contributed by atoms with Crippen LogP contribution in [0.4, 0.5) is 0 Å². The van der Waals surface area contributed by atoms with Gasteiger partial charge >= 0.3 is 0 Å². The number of hydrogen-bond donors (Lipinski definition) is 2. The maximum atomic E-state index is 12.0. The molecule has 1 unspecified atom stereocenters. The van der Waals surface area contributed by atoms with Gasteiger partial charge in [-0.1, -0.05) is 18.2 Å². The number of nitriles is 1. The van der Waals surface area contributed by atoms with Gasteiger partial charge in [-0.3, -0.25) is 0 Å². The summed E-state index contributed by atoms with van der Waals surface area (Å²) in [6.07, 6.45) is 0. The first-order valence-corrected chi connectivity index (χ1v) is 8.02. The van der Waals surface area contributed by atoms with Crippen LogP contribution in [0.15, 0.2) is 24.3 Å². The lowest BCUT2D eigenvalue weighted by atomic mass is 10.1. The zero-order valence-corrected chi connectivity index (χ0v) is 11.8. The summed E-state index contributed by atoms with van der Waals surface area (Å²) < 4.78 is 31.9. The summed E-state index contributed by atoms with van der Waals surface area (Å²) in [7, 11) is -3.46. The van der Waals surface area contributed by atoms with Gasteiger partial charge in [-0.2, -0.15) is 5.26 Å². The first-order valence-electron chi connectivity index (χ1n) is 6.37. The van der Waals surface area contributed by atoms with Crippen molar-refractivity contribution in [2.75, 3.05) is 26.3 Å². The number of morpholine rings is 1. The van der Waals surface area contributed by atoms with E-state index in [-0.39, 0.29) is 18.3 Å². The number of nitrogens with zero attached hydrogens (tertiary/aromatic N) is 1. The molecule has 2 N–H and O–H groups in total. The average Bonchev–Trinajstić information content (AvgIpc) is 2.47. The minimum absolute atomic E-state index is 0.00950. The highest BCUT2D eigenvalue weighted by Crippen LogP contribution is 2.10. The second-order valence-electron chi connectivity index (χ2n) is 4.60. The van der Waals surface area contributed by atoms with Gasteiger partial charge in [0.1, 0.15) is 0 Å². The number of hydrogen-bond acceptors (Lipinski definition) is 5. The Labute approximate surface area is 118 Å². The predicted octanol–water partition coefficient (Wildman–Crippen LogP) is -0.0339. The topological polar surface area (TPSA) is 91.2 Å². The lowest BCUT2D eigenvalue weighted by Gasteiger charge is -2.23. The van der Waals surface area contributed by atoms with Crippen molar-refractivity contribution in [3.05, 3.63) is 35.4 Å². The Balaban J connectivity index is 1.95. The summed E-state index contributed by atoms with van der Waals surface area (Å²) in [6, 6.07) is 8.69. The molecule has 0 amide bonds. The zero-order valence-electron chi connectivity index (χ0n) is 11.0. The maximum absolute atomic E-state index is 12.0. The third kappa shape index (κ3) is 4.28. The molecule has 1 heterocycles.